The summed E-state index contributed by atoms with van der Waals surface area (Å²) in [6.07, 6.45) is 2.50. The van der Waals surface area contributed by atoms with Crippen LogP contribution in [0, 0.1) is 11.8 Å². The Hall–Kier alpha value is -1.93. The van der Waals surface area contributed by atoms with Gasteiger partial charge in [-0.3, -0.25) is 9.59 Å². The average Bonchev–Trinajstić information content (AvgIpc) is 2.65. The summed E-state index contributed by atoms with van der Waals surface area (Å²) in [6.45, 7) is 5.12. The fraction of sp³-hybridized carbons (Fsp3) is 0.600. The van der Waals surface area contributed by atoms with Crippen LogP contribution < -0.4 is 4.72 Å². The van der Waals surface area contributed by atoms with Crippen molar-refractivity contribution in [2.45, 2.75) is 51.3 Å². The summed E-state index contributed by atoms with van der Waals surface area (Å²) >= 11 is 0. The molecular formula is C20H30N2O5S. The molecule has 1 heterocycles. The first-order chi connectivity index (χ1) is 13.2. The number of amides is 1. The van der Waals surface area contributed by atoms with Crippen LogP contribution in [-0.2, 0) is 25.4 Å². The van der Waals surface area contributed by atoms with Crippen molar-refractivity contribution in [1.82, 2.24) is 9.62 Å². The van der Waals surface area contributed by atoms with E-state index in [-0.39, 0.29) is 24.0 Å². The van der Waals surface area contributed by atoms with E-state index >= 15 is 0 Å². The molecule has 28 heavy (non-hydrogen) atoms. The maximum atomic E-state index is 12.3. The zero-order valence-electron chi connectivity index (χ0n) is 16.5. The van der Waals surface area contributed by atoms with E-state index in [2.05, 4.69) is 4.72 Å². The number of carboxylic acid groups (broad SMARTS) is 1. The van der Waals surface area contributed by atoms with Crippen molar-refractivity contribution in [1.29, 1.82) is 0 Å². The van der Waals surface area contributed by atoms with E-state index in [4.69, 9.17) is 0 Å². The number of benzene rings is 1. The van der Waals surface area contributed by atoms with Gasteiger partial charge in [-0.05, 0) is 37.2 Å². The molecule has 1 atom stereocenters. The fourth-order valence-corrected chi connectivity index (χ4v) is 4.86. The van der Waals surface area contributed by atoms with Gasteiger partial charge >= 0.3 is 5.97 Å². The van der Waals surface area contributed by atoms with Crippen molar-refractivity contribution < 1.29 is 23.1 Å². The first-order valence-electron chi connectivity index (χ1n) is 9.73. The summed E-state index contributed by atoms with van der Waals surface area (Å²) in [7, 11) is -3.75. The SMILES string of the molecule is CC(C)C(=O)N1CCC(CC[C@@H](NS(=O)(=O)Cc2ccccc2)C(=O)O)CC1. The molecule has 1 saturated heterocycles. The Bertz CT molecular complexity index is 756. The minimum atomic E-state index is -3.75. The van der Waals surface area contributed by atoms with Crippen molar-refractivity contribution in [2.24, 2.45) is 11.8 Å². The maximum Gasteiger partial charge on any atom is 0.321 e. The first kappa shape index (κ1) is 22.4. The Labute approximate surface area is 167 Å². The third-order valence-corrected chi connectivity index (χ3v) is 6.46. The summed E-state index contributed by atoms with van der Waals surface area (Å²) in [4.78, 5) is 25.4. The lowest BCUT2D eigenvalue weighted by Crippen LogP contribution is -2.43. The molecule has 7 nitrogen and oxygen atoms in total. The van der Waals surface area contributed by atoms with Gasteiger partial charge < -0.3 is 10.0 Å². The van der Waals surface area contributed by atoms with Crippen LogP contribution in [0.4, 0.5) is 0 Å². The molecular weight excluding hydrogens is 380 g/mol. The Morgan fingerprint density at radius 3 is 2.32 bits per heavy atom. The van der Waals surface area contributed by atoms with E-state index in [1.54, 1.807) is 30.3 Å². The zero-order valence-corrected chi connectivity index (χ0v) is 17.3. The molecule has 1 aliphatic rings. The van der Waals surface area contributed by atoms with Gasteiger partial charge in [-0.25, -0.2) is 13.1 Å². The molecule has 0 aromatic heterocycles. The monoisotopic (exact) mass is 410 g/mol. The predicted octanol–water partition coefficient (Wildman–Crippen LogP) is 2.23. The molecule has 1 fully saturated rings. The fourth-order valence-electron chi connectivity index (χ4n) is 3.49. The molecule has 1 aliphatic heterocycles. The maximum absolute atomic E-state index is 12.3. The highest BCUT2D eigenvalue weighted by atomic mass is 32.2. The van der Waals surface area contributed by atoms with Crippen molar-refractivity contribution in [3.05, 3.63) is 35.9 Å². The van der Waals surface area contributed by atoms with Gasteiger partial charge in [0.15, 0.2) is 0 Å². The van der Waals surface area contributed by atoms with Crippen LogP contribution in [0.2, 0.25) is 0 Å². The van der Waals surface area contributed by atoms with Crippen molar-refractivity contribution in [2.75, 3.05) is 13.1 Å². The van der Waals surface area contributed by atoms with Crippen molar-refractivity contribution in [3.63, 3.8) is 0 Å². The van der Waals surface area contributed by atoms with E-state index in [0.29, 0.717) is 31.0 Å². The minimum Gasteiger partial charge on any atom is -0.480 e. The van der Waals surface area contributed by atoms with Gasteiger partial charge in [0.1, 0.15) is 6.04 Å². The summed E-state index contributed by atoms with van der Waals surface area (Å²) in [6, 6.07) is 7.54. The third-order valence-electron chi connectivity index (χ3n) is 5.10. The molecule has 1 aromatic carbocycles. The lowest BCUT2D eigenvalue weighted by atomic mass is 9.90. The number of hydrogen-bond donors (Lipinski definition) is 2. The van der Waals surface area contributed by atoms with Gasteiger partial charge in [0.25, 0.3) is 0 Å². The Kier molecular flexibility index (Phi) is 8.00. The number of nitrogens with zero attached hydrogens (tertiary/aromatic N) is 1. The van der Waals surface area contributed by atoms with Crippen LogP contribution in [0.25, 0.3) is 0 Å². The highest BCUT2D eigenvalue weighted by Crippen LogP contribution is 2.24. The second-order valence-electron chi connectivity index (χ2n) is 7.75. The van der Waals surface area contributed by atoms with E-state index in [1.165, 1.54) is 0 Å². The number of piperidine rings is 1. The Morgan fingerprint density at radius 1 is 1.18 bits per heavy atom. The molecule has 2 N–H and O–H groups in total. The molecule has 1 amide bonds. The molecule has 8 heteroatoms. The van der Waals surface area contributed by atoms with Gasteiger partial charge in [0.05, 0.1) is 5.75 Å². The molecule has 0 unspecified atom stereocenters. The minimum absolute atomic E-state index is 0.0213. The third kappa shape index (κ3) is 6.91. The lowest BCUT2D eigenvalue weighted by molar-refractivity contribution is -0.139. The van der Waals surface area contributed by atoms with Gasteiger partial charge in [-0.2, -0.15) is 0 Å². The largest absolute Gasteiger partial charge is 0.480 e. The molecule has 0 radical (unpaired) electrons. The molecule has 0 bridgehead atoms. The topological polar surface area (TPSA) is 104 Å². The van der Waals surface area contributed by atoms with Crippen LogP contribution >= 0.6 is 0 Å². The number of carbonyl (C=O) groups is 2. The molecule has 1 aromatic rings. The number of aliphatic carboxylic acids is 1. The van der Waals surface area contributed by atoms with Gasteiger partial charge in [0, 0.05) is 19.0 Å². The number of carbonyl (C=O) groups excluding carboxylic acids is 1. The Morgan fingerprint density at radius 2 is 1.79 bits per heavy atom. The van der Waals surface area contributed by atoms with Crippen LogP contribution in [0.3, 0.4) is 0 Å². The molecule has 0 aliphatic carbocycles. The standard InChI is InChI=1S/C20H30N2O5S/c1-15(2)19(23)22-12-10-16(11-13-22)8-9-18(20(24)25)21-28(26,27)14-17-6-4-3-5-7-17/h3-7,15-16,18,21H,8-14H2,1-2H3,(H,24,25)/t18-/m1/s1. The van der Waals surface area contributed by atoms with Gasteiger partial charge in [0.2, 0.25) is 15.9 Å². The van der Waals surface area contributed by atoms with Crippen molar-refractivity contribution in [3.8, 4) is 0 Å². The van der Waals surface area contributed by atoms with Crippen molar-refractivity contribution >= 4 is 21.9 Å². The quantitative estimate of drug-likeness (QED) is 0.650. The first-order valence-corrected chi connectivity index (χ1v) is 11.4. The number of likely N-dealkylation sites (tertiary alicyclic amines) is 1. The normalized spacial score (nSPS) is 16.9. The number of sulfonamides is 1. The van der Waals surface area contributed by atoms with Crippen LogP contribution in [0.1, 0.15) is 45.1 Å². The van der Waals surface area contributed by atoms with E-state index in [0.717, 1.165) is 12.8 Å². The molecule has 0 spiro atoms. The van der Waals surface area contributed by atoms with Gasteiger partial charge in [-0.15, -0.1) is 0 Å². The van der Waals surface area contributed by atoms with Gasteiger partial charge in [-0.1, -0.05) is 44.2 Å². The molecule has 156 valence electrons. The number of rotatable bonds is 9. The second kappa shape index (κ2) is 10.0. The summed E-state index contributed by atoms with van der Waals surface area (Å²) in [5.74, 6) is -0.976. The number of hydrogen-bond acceptors (Lipinski definition) is 4. The summed E-state index contributed by atoms with van der Waals surface area (Å²) in [5, 5.41) is 9.43. The highest BCUT2D eigenvalue weighted by molar-refractivity contribution is 7.88. The number of carboxylic acids is 1. The zero-order chi connectivity index (χ0) is 20.7. The highest BCUT2D eigenvalue weighted by Gasteiger charge is 2.28. The van der Waals surface area contributed by atoms with E-state index < -0.39 is 22.0 Å². The summed E-state index contributed by atoms with van der Waals surface area (Å²) < 4.78 is 27.0. The smallest absolute Gasteiger partial charge is 0.321 e. The average molecular weight is 411 g/mol. The number of nitrogens with one attached hydrogen (secondary N) is 1. The van der Waals surface area contributed by atoms with E-state index in [9.17, 15) is 23.1 Å². The predicted molar refractivity (Wildman–Crippen MR) is 107 cm³/mol. The van der Waals surface area contributed by atoms with E-state index in [1.807, 2.05) is 18.7 Å². The second-order valence-corrected chi connectivity index (χ2v) is 9.51. The molecule has 2 rings (SSSR count). The van der Waals surface area contributed by atoms with Crippen LogP contribution in [-0.4, -0.2) is 49.4 Å². The lowest BCUT2D eigenvalue weighted by Gasteiger charge is -2.33. The molecule has 0 saturated carbocycles. The van der Waals surface area contributed by atoms with Crippen LogP contribution in [0.15, 0.2) is 30.3 Å². The Balaban J connectivity index is 1.85. The summed E-state index contributed by atoms with van der Waals surface area (Å²) in [5.41, 5.74) is 0.612. The van der Waals surface area contributed by atoms with Crippen LogP contribution in [0.5, 0.6) is 0 Å².